The molecule has 0 saturated heterocycles. The normalized spacial score (nSPS) is 10.9. The number of hydrogen-bond acceptors (Lipinski definition) is 3. The topological polar surface area (TPSA) is 53.1 Å². The van der Waals surface area contributed by atoms with Crippen molar-refractivity contribution in [3.8, 4) is 17.0 Å². The Morgan fingerprint density at radius 2 is 2.11 bits per heavy atom. The minimum atomic E-state index is 0.288. The van der Waals surface area contributed by atoms with Crippen LogP contribution in [0.2, 0.25) is 0 Å². The fourth-order valence-electron chi connectivity index (χ4n) is 1.80. The lowest BCUT2D eigenvalue weighted by atomic mass is 10.1. The smallest absolute Gasteiger partial charge is 0.131 e. The van der Waals surface area contributed by atoms with Crippen LogP contribution in [0.5, 0.6) is 5.75 Å². The molecule has 0 saturated carbocycles. The van der Waals surface area contributed by atoms with E-state index >= 15 is 0 Å². The highest BCUT2D eigenvalue weighted by Gasteiger charge is 2.14. The molecule has 2 aromatic rings. The molecular formula is C13H16BrN3O. The van der Waals surface area contributed by atoms with Gasteiger partial charge in [-0.15, -0.1) is 0 Å². The minimum absolute atomic E-state index is 0.288. The second kappa shape index (κ2) is 5.02. The van der Waals surface area contributed by atoms with Gasteiger partial charge in [0, 0.05) is 16.1 Å². The van der Waals surface area contributed by atoms with Crippen molar-refractivity contribution < 1.29 is 4.74 Å². The van der Waals surface area contributed by atoms with Crippen molar-refractivity contribution in [3.63, 3.8) is 0 Å². The van der Waals surface area contributed by atoms with Gasteiger partial charge >= 0.3 is 0 Å². The molecule has 2 N–H and O–H groups in total. The van der Waals surface area contributed by atoms with E-state index in [0.29, 0.717) is 5.82 Å². The molecular weight excluding hydrogens is 294 g/mol. The Balaban J connectivity index is 2.55. The van der Waals surface area contributed by atoms with Crippen LogP contribution in [0.3, 0.4) is 0 Å². The van der Waals surface area contributed by atoms with E-state index in [9.17, 15) is 0 Å². The summed E-state index contributed by atoms with van der Waals surface area (Å²) < 4.78 is 8.12. The second-order valence-electron chi connectivity index (χ2n) is 4.33. The molecule has 96 valence electrons. The molecule has 0 fully saturated rings. The lowest BCUT2D eigenvalue weighted by Gasteiger charge is -2.10. The third-order valence-corrected chi connectivity index (χ3v) is 3.51. The van der Waals surface area contributed by atoms with Crippen molar-refractivity contribution >= 4 is 21.7 Å². The number of nitrogens with two attached hydrogens (primary N) is 1. The standard InChI is InChI=1S/C13H16BrN3O/c1-8(2)17-7-16-12(13(17)15)10-6-9(18-3)4-5-11(10)14/h4-8H,15H2,1-3H3. The second-order valence-corrected chi connectivity index (χ2v) is 5.18. The van der Waals surface area contributed by atoms with Gasteiger partial charge in [0.2, 0.25) is 0 Å². The quantitative estimate of drug-likeness (QED) is 0.944. The van der Waals surface area contributed by atoms with Crippen molar-refractivity contribution in [1.82, 2.24) is 9.55 Å². The Labute approximate surface area is 115 Å². The highest BCUT2D eigenvalue weighted by molar-refractivity contribution is 9.10. The fourth-order valence-corrected chi connectivity index (χ4v) is 2.24. The van der Waals surface area contributed by atoms with Crippen LogP contribution in [0, 0.1) is 0 Å². The average molecular weight is 310 g/mol. The number of benzene rings is 1. The number of rotatable bonds is 3. The molecule has 0 unspecified atom stereocenters. The molecule has 1 aromatic carbocycles. The van der Waals surface area contributed by atoms with Crippen LogP contribution in [-0.4, -0.2) is 16.7 Å². The van der Waals surface area contributed by atoms with E-state index in [2.05, 4.69) is 34.8 Å². The fraction of sp³-hybridized carbons (Fsp3) is 0.308. The van der Waals surface area contributed by atoms with Gasteiger partial charge < -0.3 is 15.0 Å². The van der Waals surface area contributed by atoms with Crippen molar-refractivity contribution in [2.45, 2.75) is 19.9 Å². The van der Waals surface area contributed by atoms with E-state index in [1.54, 1.807) is 13.4 Å². The molecule has 0 aliphatic carbocycles. The molecule has 0 spiro atoms. The van der Waals surface area contributed by atoms with Crippen molar-refractivity contribution in [1.29, 1.82) is 0 Å². The molecule has 0 aliphatic heterocycles. The highest BCUT2D eigenvalue weighted by atomic mass is 79.9. The lowest BCUT2D eigenvalue weighted by molar-refractivity contribution is 0.415. The summed E-state index contributed by atoms with van der Waals surface area (Å²) in [5, 5.41) is 0. The third-order valence-electron chi connectivity index (χ3n) is 2.82. The lowest BCUT2D eigenvalue weighted by Crippen LogP contribution is -2.04. The monoisotopic (exact) mass is 309 g/mol. The Morgan fingerprint density at radius 1 is 1.39 bits per heavy atom. The Bertz CT molecular complexity index is 563. The number of nitrogen functional groups attached to an aromatic ring is 1. The van der Waals surface area contributed by atoms with Gasteiger partial charge in [-0.25, -0.2) is 4.98 Å². The van der Waals surface area contributed by atoms with Crippen LogP contribution in [0.4, 0.5) is 5.82 Å². The van der Waals surface area contributed by atoms with E-state index in [4.69, 9.17) is 10.5 Å². The molecule has 0 atom stereocenters. The zero-order valence-corrected chi connectivity index (χ0v) is 12.2. The number of halogens is 1. The first-order valence-electron chi connectivity index (χ1n) is 5.70. The molecule has 0 amide bonds. The van der Waals surface area contributed by atoms with Gasteiger partial charge in [0.25, 0.3) is 0 Å². The van der Waals surface area contributed by atoms with Crippen molar-refractivity contribution in [3.05, 3.63) is 29.0 Å². The summed E-state index contributed by atoms with van der Waals surface area (Å²) in [4.78, 5) is 4.40. The van der Waals surface area contributed by atoms with Crippen molar-refractivity contribution in [2.24, 2.45) is 0 Å². The first-order chi connectivity index (χ1) is 8.54. The SMILES string of the molecule is COc1ccc(Br)c(-c2ncn(C(C)C)c2N)c1. The number of nitrogens with zero attached hydrogens (tertiary/aromatic N) is 2. The molecule has 1 aromatic heterocycles. The van der Waals surface area contributed by atoms with Crippen LogP contribution >= 0.6 is 15.9 Å². The molecule has 18 heavy (non-hydrogen) atoms. The Kier molecular flexibility index (Phi) is 3.61. The van der Waals surface area contributed by atoms with Gasteiger partial charge in [-0.2, -0.15) is 0 Å². The molecule has 0 aliphatic rings. The number of hydrogen-bond donors (Lipinski definition) is 1. The number of methoxy groups -OCH3 is 1. The Hall–Kier alpha value is -1.49. The van der Waals surface area contributed by atoms with Crippen LogP contribution in [-0.2, 0) is 0 Å². The van der Waals surface area contributed by atoms with Gasteiger partial charge in [0.05, 0.1) is 13.4 Å². The van der Waals surface area contributed by atoms with E-state index in [-0.39, 0.29) is 6.04 Å². The summed E-state index contributed by atoms with van der Waals surface area (Å²) in [5.74, 6) is 1.45. The zero-order chi connectivity index (χ0) is 13.3. The molecule has 1 heterocycles. The maximum Gasteiger partial charge on any atom is 0.131 e. The summed E-state index contributed by atoms with van der Waals surface area (Å²) in [7, 11) is 1.64. The third kappa shape index (κ3) is 2.22. The van der Waals surface area contributed by atoms with E-state index in [0.717, 1.165) is 21.5 Å². The summed E-state index contributed by atoms with van der Waals surface area (Å²) in [6.45, 7) is 4.14. The number of anilines is 1. The van der Waals surface area contributed by atoms with Crippen LogP contribution < -0.4 is 10.5 Å². The first-order valence-corrected chi connectivity index (χ1v) is 6.50. The highest BCUT2D eigenvalue weighted by Crippen LogP contribution is 2.34. The van der Waals surface area contributed by atoms with Gasteiger partial charge in [0.15, 0.2) is 0 Å². The predicted molar refractivity (Wildman–Crippen MR) is 76.7 cm³/mol. The molecule has 5 heteroatoms. The average Bonchev–Trinajstić information content (AvgIpc) is 2.72. The summed E-state index contributed by atoms with van der Waals surface area (Å²) in [6.07, 6.45) is 1.77. The van der Waals surface area contributed by atoms with E-state index < -0.39 is 0 Å². The zero-order valence-electron chi connectivity index (χ0n) is 10.6. The van der Waals surface area contributed by atoms with E-state index in [1.165, 1.54) is 0 Å². The van der Waals surface area contributed by atoms with Gasteiger partial charge in [0.1, 0.15) is 17.3 Å². The van der Waals surface area contributed by atoms with Gasteiger partial charge in [-0.1, -0.05) is 15.9 Å². The molecule has 2 rings (SSSR count). The molecule has 4 nitrogen and oxygen atoms in total. The summed E-state index contributed by atoms with van der Waals surface area (Å²) >= 11 is 3.52. The minimum Gasteiger partial charge on any atom is -0.497 e. The number of aromatic nitrogens is 2. The maximum absolute atomic E-state index is 6.14. The largest absolute Gasteiger partial charge is 0.497 e. The van der Waals surface area contributed by atoms with Crippen molar-refractivity contribution in [2.75, 3.05) is 12.8 Å². The van der Waals surface area contributed by atoms with Gasteiger partial charge in [-0.3, -0.25) is 0 Å². The molecule has 0 bridgehead atoms. The maximum atomic E-state index is 6.14. The first kappa shape index (κ1) is 13.0. The van der Waals surface area contributed by atoms with Crippen LogP contribution in [0.1, 0.15) is 19.9 Å². The molecule has 0 radical (unpaired) electrons. The summed E-state index contributed by atoms with van der Waals surface area (Å²) in [6, 6.07) is 6.04. The van der Waals surface area contributed by atoms with Crippen LogP contribution in [0.25, 0.3) is 11.3 Å². The summed E-state index contributed by atoms with van der Waals surface area (Å²) in [5.41, 5.74) is 7.84. The number of ether oxygens (including phenoxy) is 1. The van der Waals surface area contributed by atoms with E-state index in [1.807, 2.05) is 22.8 Å². The predicted octanol–water partition coefficient (Wildman–Crippen LogP) is 3.48. The van der Waals surface area contributed by atoms with Crippen LogP contribution in [0.15, 0.2) is 29.0 Å². The number of imidazole rings is 1. The Morgan fingerprint density at radius 3 is 2.67 bits per heavy atom. The van der Waals surface area contributed by atoms with Gasteiger partial charge in [-0.05, 0) is 32.0 Å².